The lowest BCUT2D eigenvalue weighted by Crippen LogP contribution is -2.41. The molecule has 2 amide bonds. The van der Waals surface area contributed by atoms with Crippen molar-refractivity contribution in [2.24, 2.45) is 5.92 Å². The van der Waals surface area contributed by atoms with Crippen LogP contribution < -0.4 is 5.32 Å². The van der Waals surface area contributed by atoms with E-state index in [2.05, 4.69) is 29.6 Å². The molecular weight excluding hydrogens is 356 g/mol. The number of hydrogen-bond acceptors (Lipinski definition) is 3. The molecule has 0 aromatic heterocycles. The summed E-state index contributed by atoms with van der Waals surface area (Å²) in [4.78, 5) is 24.6. The summed E-state index contributed by atoms with van der Waals surface area (Å²) >= 11 is 0. The second-order valence-corrected chi connectivity index (χ2v) is 7.42. The van der Waals surface area contributed by atoms with E-state index in [0.29, 0.717) is 26.2 Å². The molecule has 0 spiro atoms. The highest BCUT2D eigenvalue weighted by Gasteiger charge is 2.29. The molecule has 4 rings (SSSR count). The van der Waals surface area contributed by atoms with E-state index in [1.807, 2.05) is 24.3 Å². The molecule has 2 aromatic rings. The minimum absolute atomic E-state index is 0.0527. The third-order valence-electron chi connectivity index (χ3n) is 5.76. The second kappa shape index (κ2) is 7.92. The van der Waals surface area contributed by atoms with E-state index in [4.69, 9.17) is 9.84 Å². The summed E-state index contributed by atoms with van der Waals surface area (Å²) in [5.41, 5.74) is 4.80. The number of nitrogens with zero attached hydrogens (tertiary/aromatic N) is 1. The lowest BCUT2D eigenvalue weighted by molar-refractivity contribution is 0.119. The Balaban J connectivity index is 1.30. The van der Waals surface area contributed by atoms with Gasteiger partial charge in [0.2, 0.25) is 0 Å². The molecule has 0 bridgehead atoms. The van der Waals surface area contributed by atoms with Crippen molar-refractivity contribution >= 4 is 12.2 Å². The molecule has 2 aromatic carbocycles. The average molecular weight is 380 g/mol. The number of carbonyl (C=O) groups excluding carboxylic acids is 1. The van der Waals surface area contributed by atoms with Gasteiger partial charge in [-0.2, -0.15) is 0 Å². The molecule has 1 fully saturated rings. The Hall–Kier alpha value is -3.02. The van der Waals surface area contributed by atoms with E-state index in [9.17, 15) is 9.59 Å². The molecule has 146 valence electrons. The summed E-state index contributed by atoms with van der Waals surface area (Å²) < 4.78 is 5.54. The van der Waals surface area contributed by atoms with E-state index in [0.717, 1.165) is 12.8 Å². The number of nitrogens with one attached hydrogen (secondary N) is 1. The second-order valence-electron chi connectivity index (χ2n) is 7.42. The van der Waals surface area contributed by atoms with Crippen LogP contribution in [0.15, 0.2) is 48.5 Å². The van der Waals surface area contributed by atoms with E-state index >= 15 is 0 Å². The first kappa shape index (κ1) is 18.3. The van der Waals surface area contributed by atoms with Crippen molar-refractivity contribution in [2.45, 2.75) is 18.8 Å². The van der Waals surface area contributed by atoms with Crippen LogP contribution in [0.25, 0.3) is 11.1 Å². The van der Waals surface area contributed by atoms with Gasteiger partial charge in [0.1, 0.15) is 6.61 Å². The molecule has 0 saturated carbocycles. The largest absolute Gasteiger partial charge is 0.465 e. The first-order valence-corrected chi connectivity index (χ1v) is 9.70. The van der Waals surface area contributed by atoms with Crippen molar-refractivity contribution < 1.29 is 19.4 Å². The molecule has 1 aliphatic carbocycles. The minimum atomic E-state index is -0.872. The molecular formula is C22H24N2O4. The molecule has 2 aliphatic rings. The molecule has 1 aliphatic heterocycles. The van der Waals surface area contributed by atoms with Crippen LogP contribution in [0.2, 0.25) is 0 Å². The number of ether oxygens (including phenoxy) is 1. The predicted octanol–water partition coefficient (Wildman–Crippen LogP) is 3.92. The Labute approximate surface area is 164 Å². The highest BCUT2D eigenvalue weighted by atomic mass is 16.5. The van der Waals surface area contributed by atoms with Crippen molar-refractivity contribution in [3.8, 4) is 11.1 Å². The zero-order valence-corrected chi connectivity index (χ0v) is 15.6. The molecule has 28 heavy (non-hydrogen) atoms. The van der Waals surface area contributed by atoms with Crippen LogP contribution in [0.4, 0.5) is 9.59 Å². The Morgan fingerprint density at radius 3 is 2.14 bits per heavy atom. The summed E-state index contributed by atoms with van der Waals surface area (Å²) in [6.07, 6.45) is 0.233. The zero-order chi connectivity index (χ0) is 19.5. The molecule has 0 radical (unpaired) electrons. The molecule has 1 saturated heterocycles. The van der Waals surface area contributed by atoms with Crippen molar-refractivity contribution in [1.29, 1.82) is 0 Å². The van der Waals surface area contributed by atoms with Gasteiger partial charge in [0.25, 0.3) is 0 Å². The summed E-state index contributed by atoms with van der Waals surface area (Å²) in [6, 6.07) is 16.5. The van der Waals surface area contributed by atoms with Crippen LogP contribution in [-0.4, -0.2) is 48.4 Å². The zero-order valence-electron chi connectivity index (χ0n) is 15.6. The molecule has 6 nitrogen and oxygen atoms in total. The molecule has 6 heteroatoms. The van der Waals surface area contributed by atoms with Gasteiger partial charge in [-0.3, -0.25) is 0 Å². The summed E-state index contributed by atoms with van der Waals surface area (Å²) in [5, 5.41) is 11.8. The SMILES string of the molecule is O=C(NCC1CCN(C(=O)O)CC1)OCC1c2ccccc2-c2ccccc21. The maximum Gasteiger partial charge on any atom is 0.407 e. The van der Waals surface area contributed by atoms with Crippen LogP contribution in [0.1, 0.15) is 29.9 Å². The van der Waals surface area contributed by atoms with E-state index in [1.54, 1.807) is 0 Å². The van der Waals surface area contributed by atoms with Crippen molar-refractivity contribution in [3.05, 3.63) is 59.7 Å². The standard InChI is InChI=1S/C22H24N2O4/c25-21(23-13-15-9-11-24(12-10-15)22(26)27)28-14-20-18-7-3-1-5-16(18)17-6-2-4-8-19(17)20/h1-8,15,20H,9-14H2,(H,23,25)(H,26,27). The third kappa shape index (κ3) is 3.67. The Morgan fingerprint density at radius 1 is 1.00 bits per heavy atom. The molecule has 2 N–H and O–H groups in total. The van der Waals surface area contributed by atoms with Gasteiger partial charge < -0.3 is 20.1 Å². The lowest BCUT2D eigenvalue weighted by atomic mass is 9.97. The van der Waals surface area contributed by atoms with E-state index in [-0.39, 0.29) is 11.8 Å². The van der Waals surface area contributed by atoms with Crippen LogP contribution in [-0.2, 0) is 4.74 Å². The minimum Gasteiger partial charge on any atom is -0.465 e. The fourth-order valence-corrected chi connectivity index (χ4v) is 4.21. The number of fused-ring (bicyclic) bond motifs is 3. The molecule has 0 unspecified atom stereocenters. The van der Waals surface area contributed by atoms with Crippen LogP contribution in [0.5, 0.6) is 0 Å². The number of hydrogen-bond donors (Lipinski definition) is 2. The van der Waals surface area contributed by atoms with Crippen molar-refractivity contribution in [1.82, 2.24) is 10.2 Å². The molecule has 0 atom stereocenters. The average Bonchev–Trinajstić information content (AvgIpc) is 3.05. The van der Waals surface area contributed by atoms with Gasteiger partial charge in [-0.1, -0.05) is 48.5 Å². The highest BCUT2D eigenvalue weighted by Crippen LogP contribution is 2.44. The van der Waals surface area contributed by atoms with E-state index in [1.165, 1.54) is 27.2 Å². The summed E-state index contributed by atoms with van der Waals surface area (Å²) in [6.45, 7) is 1.86. The van der Waals surface area contributed by atoms with Gasteiger partial charge in [0, 0.05) is 25.6 Å². The normalized spacial score (nSPS) is 16.4. The number of amides is 2. The number of rotatable bonds is 4. The first-order chi connectivity index (χ1) is 13.6. The quantitative estimate of drug-likeness (QED) is 0.843. The maximum atomic E-state index is 12.2. The maximum absolute atomic E-state index is 12.2. The fourth-order valence-electron chi connectivity index (χ4n) is 4.21. The monoisotopic (exact) mass is 380 g/mol. The number of benzene rings is 2. The third-order valence-corrected chi connectivity index (χ3v) is 5.76. The number of alkyl carbamates (subject to hydrolysis) is 1. The van der Waals surface area contributed by atoms with Crippen LogP contribution in [0.3, 0.4) is 0 Å². The van der Waals surface area contributed by atoms with Crippen LogP contribution >= 0.6 is 0 Å². The fraction of sp³-hybridized carbons (Fsp3) is 0.364. The number of piperidine rings is 1. The number of carbonyl (C=O) groups is 2. The Morgan fingerprint density at radius 2 is 1.57 bits per heavy atom. The van der Waals surface area contributed by atoms with Crippen molar-refractivity contribution in [2.75, 3.05) is 26.2 Å². The Kier molecular flexibility index (Phi) is 5.19. The van der Waals surface area contributed by atoms with Crippen molar-refractivity contribution in [3.63, 3.8) is 0 Å². The summed E-state index contributed by atoms with van der Waals surface area (Å²) in [7, 11) is 0. The number of likely N-dealkylation sites (tertiary alicyclic amines) is 1. The summed E-state index contributed by atoms with van der Waals surface area (Å²) in [5.74, 6) is 0.341. The van der Waals surface area contributed by atoms with Gasteiger partial charge in [-0.25, -0.2) is 9.59 Å². The number of carboxylic acid groups (broad SMARTS) is 1. The topological polar surface area (TPSA) is 78.9 Å². The lowest BCUT2D eigenvalue weighted by Gasteiger charge is -2.29. The van der Waals surface area contributed by atoms with Gasteiger partial charge in [0.05, 0.1) is 0 Å². The van der Waals surface area contributed by atoms with Gasteiger partial charge in [-0.05, 0) is 41.0 Å². The molecule has 1 heterocycles. The predicted molar refractivity (Wildman–Crippen MR) is 105 cm³/mol. The van der Waals surface area contributed by atoms with Gasteiger partial charge in [-0.15, -0.1) is 0 Å². The first-order valence-electron chi connectivity index (χ1n) is 9.70. The van der Waals surface area contributed by atoms with Gasteiger partial charge >= 0.3 is 12.2 Å². The van der Waals surface area contributed by atoms with Crippen LogP contribution in [0, 0.1) is 5.92 Å². The smallest absolute Gasteiger partial charge is 0.407 e. The Bertz CT molecular complexity index is 829. The van der Waals surface area contributed by atoms with E-state index < -0.39 is 12.2 Å². The highest BCUT2D eigenvalue weighted by molar-refractivity contribution is 5.79. The van der Waals surface area contributed by atoms with Gasteiger partial charge in [0.15, 0.2) is 0 Å².